The number of rotatable bonds is 4. The van der Waals surface area contributed by atoms with Crippen molar-refractivity contribution in [2.75, 3.05) is 19.1 Å². The minimum atomic E-state index is -0.520. The summed E-state index contributed by atoms with van der Waals surface area (Å²) in [5.41, 5.74) is 1.47. The van der Waals surface area contributed by atoms with Crippen LogP contribution in [0.25, 0.3) is 0 Å². The summed E-state index contributed by atoms with van der Waals surface area (Å²) >= 11 is 0. The second-order valence-electron chi connectivity index (χ2n) is 4.30. The van der Waals surface area contributed by atoms with Crippen molar-refractivity contribution in [3.05, 3.63) is 58.1 Å². The van der Waals surface area contributed by atoms with Gasteiger partial charge in [0, 0.05) is 19.2 Å². The molecule has 0 bridgehead atoms. The first kappa shape index (κ1) is 14.3. The summed E-state index contributed by atoms with van der Waals surface area (Å²) in [6, 6.07) is 13.5. The number of nitro benzene ring substituents is 1. The lowest BCUT2D eigenvalue weighted by molar-refractivity contribution is -0.384. The van der Waals surface area contributed by atoms with Gasteiger partial charge in [-0.1, -0.05) is 12.1 Å². The van der Waals surface area contributed by atoms with Crippen LogP contribution in [-0.4, -0.2) is 19.1 Å². The van der Waals surface area contributed by atoms with Crippen molar-refractivity contribution in [1.29, 1.82) is 5.26 Å². The van der Waals surface area contributed by atoms with E-state index in [1.54, 1.807) is 25.1 Å². The summed E-state index contributed by atoms with van der Waals surface area (Å²) in [7, 11) is 3.34. The van der Waals surface area contributed by atoms with Gasteiger partial charge >= 0.3 is 0 Å². The topological polar surface area (TPSA) is 79.4 Å². The number of ether oxygens (including phenoxy) is 1. The molecular weight excluding hydrogens is 270 g/mol. The van der Waals surface area contributed by atoms with Crippen molar-refractivity contribution in [2.24, 2.45) is 0 Å². The van der Waals surface area contributed by atoms with Gasteiger partial charge in [0.1, 0.15) is 11.8 Å². The largest absolute Gasteiger partial charge is 0.495 e. The van der Waals surface area contributed by atoms with Gasteiger partial charge in [0.05, 0.1) is 29.0 Å². The van der Waals surface area contributed by atoms with Gasteiger partial charge in [-0.2, -0.15) is 5.26 Å². The number of benzene rings is 2. The maximum Gasteiger partial charge on any atom is 0.270 e. The molecule has 0 saturated carbocycles. The van der Waals surface area contributed by atoms with Crippen LogP contribution in [0.2, 0.25) is 0 Å². The number of hydrogen-bond acceptors (Lipinski definition) is 5. The molecule has 6 heteroatoms. The summed E-state index contributed by atoms with van der Waals surface area (Å²) in [5.74, 6) is 0.655. The molecule has 6 nitrogen and oxygen atoms in total. The average molecular weight is 283 g/mol. The molecule has 0 aliphatic heterocycles. The predicted molar refractivity (Wildman–Crippen MR) is 78.9 cm³/mol. The zero-order valence-electron chi connectivity index (χ0n) is 11.6. The van der Waals surface area contributed by atoms with Gasteiger partial charge in [0.15, 0.2) is 0 Å². The van der Waals surface area contributed by atoms with Crippen molar-refractivity contribution in [3.8, 4) is 11.8 Å². The molecular formula is C15H13N3O3. The smallest absolute Gasteiger partial charge is 0.270 e. The van der Waals surface area contributed by atoms with E-state index in [-0.39, 0.29) is 11.3 Å². The molecule has 106 valence electrons. The van der Waals surface area contributed by atoms with Gasteiger partial charge in [0.25, 0.3) is 5.69 Å². The predicted octanol–water partition coefficient (Wildman–Crippen LogP) is 3.24. The van der Waals surface area contributed by atoms with Crippen molar-refractivity contribution < 1.29 is 9.66 Å². The van der Waals surface area contributed by atoms with Gasteiger partial charge in [-0.05, 0) is 18.2 Å². The summed E-state index contributed by atoms with van der Waals surface area (Å²) in [4.78, 5) is 12.0. The first-order valence-electron chi connectivity index (χ1n) is 6.13. The van der Waals surface area contributed by atoms with Gasteiger partial charge < -0.3 is 9.64 Å². The monoisotopic (exact) mass is 283 g/mol. The average Bonchev–Trinajstić information content (AvgIpc) is 2.53. The lowest BCUT2D eigenvalue weighted by Crippen LogP contribution is -2.12. The van der Waals surface area contributed by atoms with Crippen LogP contribution in [0.3, 0.4) is 0 Å². The quantitative estimate of drug-likeness (QED) is 0.635. The SMILES string of the molecule is COc1ccccc1N(C)c1ccc([N+](=O)[O-])cc1C#N. The number of anilines is 2. The van der Waals surface area contributed by atoms with E-state index >= 15 is 0 Å². The maximum atomic E-state index is 10.8. The number of nitro groups is 1. The van der Waals surface area contributed by atoms with E-state index in [2.05, 4.69) is 0 Å². The molecule has 0 aromatic heterocycles. The highest BCUT2D eigenvalue weighted by Gasteiger charge is 2.16. The fraction of sp³-hybridized carbons (Fsp3) is 0.133. The molecule has 0 N–H and O–H groups in total. The molecule has 0 aliphatic rings. The normalized spacial score (nSPS) is 9.76. The Labute approximate surface area is 122 Å². The van der Waals surface area contributed by atoms with Gasteiger partial charge in [-0.15, -0.1) is 0 Å². The first-order valence-corrected chi connectivity index (χ1v) is 6.13. The van der Waals surface area contributed by atoms with Crippen LogP contribution >= 0.6 is 0 Å². The fourth-order valence-electron chi connectivity index (χ4n) is 2.06. The molecule has 2 aromatic carbocycles. The second kappa shape index (κ2) is 5.92. The van der Waals surface area contributed by atoms with Gasteiger partial charge in [-0.3, -0.25) is 10.1 Å². The third-order valence-corrected chi connectivity index (χ3v) is 3.12. The van der Waals surface area contributed by atoms with Crippen LogP contribution < -0.4 is 9.64 Å². The maximum absolute atomic E-state index is 10.8. The van der Waals surface area contributed by atoms with E-state index in [1.165, 1.54) is 12.1 Å². The molecule has 0 fully saturated rings. The molecule has 21 heavy (non-hydrogen) atoms. The Morgan fingerprint density at radius 1 is 1.24 bits per heavy atom. The van der Waals surface area contributed by atoms with Crippen molar-refractivity contribution >= 4 is 17.1 Å². The summed E-state index contributed by atoms with van der Waals surface area (Å²) in [6.07, 6.45) is 0. The van der Waals surface area contributed by atoms with Gasteiger partial charge in [0.2, 0.25) is 0 Å². The molecule has 0 atom stereocenters. The zero-order chi connectivity index (χ0) is 15.4. The Morgan fingerprint density at radius 2 is 1.95 bits per heavy atom. The lowest BCUT2D eigenvalue weighted by atomic mass is 10.1. The molecule has 0 unspecified atom stereocenters. The minimum absolute atomic E-state index is 0.108. The van der Waals surface area contributed by atoms with Crippen LogP contribution in [0, 0.1) is 21.4 Å². The van der Waals surface area contributed by atoms with E-state index < -0.39 is 4.92 Å². The molecule has 0 amide bonds. The summed E-state index contributed by atoms with van der Waals surface area (Å²) < 4.78 is 5.29. The second-order valence-corrected chi connectivity index (χ2v) is 4.30. The van der Waals surface area contributed by atoms with E-state index in [1.807, 2.05) is 30.3 Å². The van der Waals surface area contributed by atoms with Crippen LogP contribution in [0.4, 0.5) is 17.1 Å². The number of non-ortho nitro benzene ring substituents is 1. The zero-order valence-corrected chi connectivity index (χ0v) is 11.6. The van der Waals surface area contributed by atoms with E-state index in [9.17, 15) is 15.4 Å². The Balaban J connectivity index is 2.51. The standard InChI is InChI=1S/C15H13N3O3/c1-17(14-5-3-4-6-15(14)21-2)13-8-7-12(18(19)20)9-11(13)10-16/h3-9H,1-2H3. The van der Waals surface area contributed by atoms with Crippen LogP contribution in [0.5, 0.6) is 5.75 Å². The Morgan fingerprint density at radius 3 is 2.57 bits per heavy atom. The van der Waals surface area contributed by atoms with Crippen LogP contribution in [0.15, 0.2) is 42.5 Å². The van der Waals surface area contributed by atoms with Crippen LogP contribution in [-0.2, 0) is 0 Å². The highest BCUT2D eigenvalue weighted by atomic mass is 16.6. The van der Waals surface area contributed by atoms with Crippen molar-refractivity contribution in [2.45, 2.75) is 0 Å². The third kappa shape index (κ3) is 2.77. The number of para-hydroxylation sites is 2. The van der Waals surface area contributed by atoms with Crippen molar-refractivity contribution in [1.82, 2.24) is 0 Å². The first-order chi connectivity index (χ1) is 10.1. The fourth-order valence-corrected chi connectivity index (χ4v) is 2.06. The van der Waals surface area contributed by atoms with E-state index in [0.717, 1.165) is 5.69 Å². The third-order valence-electron chi connectivity index (χ3n) is 3.12. The number of nitriles is 1. The molecule has 0 radical (unpaired) electrons. The van der Waals surface area contributed by atoms with Gasteiger partial charge in [-0.25, -0.2) is 0 Å². The molecule has 0 aliphatic carbocycles. The highest BCUT2D eigenvalue weighted by Crippen LogP contribution is 2.34. The molecule has 2 rings (SSSR count). The highest BCUT2D eigenvalue weighted by molar-refractivity contribution is 5.73. The van der Waals surface area contributed by atoms with Crippen molar-refractivity contribution in [3.63, 3.8) is 0 Å². The van der Waals surface area contributed by atoms with Crippen LogP contribution in [0.1, 0.15) is 5.56 Å². The number of nitrogens with zero attached hydrogens (tertiary/aromatic N) is 3. The Bertz CT molecular complexity index is 722. The minimum Gasteiger partial charge on any atom is -0.495 e. The number of methoxy groups -OCH3 is 1. The summed E-state index contributed by atoms with van der Waals surface area (Å²) in [6.45, 7) is 0. The molecule has 0 heterocycles. The Kier molecular flexibility index (Phi) is 4.05. The summed E-state index contributed by atoms with van der Waals surface area (Å²) in [5, 5.41) is 20.0. The number of hydrogen-bond donors (Lipinski definition) is 0. The lowest BCUT2D eigenvalue weighted by Gasteiger charge is -2.22. The molecule has 0 saturated heterocycles. The van der Waals surface area contributed by atoms with E-state index in [4.69, 9.17) is 4.74 Å². The molecule has 2 aromatic rings. The van der Waals surface area contributed by atoms with E-state index in [0.29, 0.717) is 11.4 Å². The Hall–Kier alpha value is -3.07. The molecule has 0 spiro atoms.